The number of aromatic nitrogens is 2. The van der Waals surface area contributed by atoms with Gasteiger partial charge in [0.2, 0.25) is 11.8 Å². The fourth-order valence-corrected chi connectivity index (χ4v) is 5.46. The molecular weight excluding hydrogens is 516 g/mol. The third kappa shape index (κ3) is 6.90. The zero-order valence-electron chi connectivity index (χ0n) is 21.5. The van der Waals surface area contributed by atoms with Crippen LogP contribution >= 0.6 is 22.7 Å². The van der Waals surface area contributed by atoms with Crippen molar-refractivity contribution in [1.29, 1.82) is 0 Å². The van der Waals surface area contributed by atoms with Crippen LogP contribution in [0.3, 0.4) is 0 Å². The van der Waals surface area contributed by atoms with Gasteiger partial charge in [0, 0.05) is 10.8 Å². The highest BCUT2D eigenvalue weighted by atomic mass is 32.1. The van der Waals surface area contributed by atoms with E-state index in [1.165, 1.54) is 29.6 Å². The number of rotatable bonds is 5. The number of nitrogens with one attached hydrogen (secondary N) is 4. The van der Waals surface area contributed by atoms with Crippen LogP contribution in [0.25, 0.3) is 0 Å². The Hall–Kier alpha value is -2.90. The van der Waals surface area contributed by atoms with Crippen LogP contribution in [-0.2, 0) is 16.1 Å². The Kier molecular flexibility index (Phi) is 9.74. The lowest BCUT2D eigenvalue weighted by atomic mass is 9.97. The molecule has 0 saturated heterocycles. The number of hydrogen-bond donors (Lipinski definition) is 5. The summed E-state index contributed by atoms with van der Waals surface area (Å²) in [4.78, 5) is 61.0. The van der Waals surface area contributed by atoms with Crippen molar-refractivity contribution in [3.05, 3.63) is 32.2 Å². The Morgan fingerprint density at radius 3 is 2.03 bits per heavy atom. The number of nitrogens with zero attached hydrogens (tertiary/aromatic N) is 2. The Labute approximate surface area is 223 Å². The molecule has 0 spiro atoms. The summed E-state index contributed by atoms with van der Waals surface area (Å²) in [5.74, 6) is -2.34. The van der Waals surface area contributed by atoms with Crippen molar-refractivity contribution in [2.24, 2.45) is 11.8 Å². The topological polar surface area (TPSA) is 162 Å². The summed E-state index contributed by atoms with van der Waals surface area (Å²) in [6.45, 7) is 9.10. The molecule has 37 heavy (non-hydrogen) atoms. The SMILES string of the molecule is CC[C@H](C)[C@@H]1NC(=O)c2csc(n2)[C@@H]([C@@H](C)CC)NC(=O)c2csc(n2)CNC(=O)[C@H]([C@H](C)O)NC1=O. The van der Waals surface area contributed by atoms with Gasteiger partial charge in [-0.3, -0.25) is 19.2 Å². The Bertz CT molecular complexity index is 1130. The number of aliphatic hydroxyl groups is 1. The minimum Gasteiger partial charge on any atom is -0.391 e. The van der Waals surface area contributed by atoms with Crippen molar-refractivity contribution >= 4 is 46.3 Å². The number of carbonyl (C=O) groups excluding carboxylic acids is 4. The van der Waals surface area contributed by atoms with Gasteiger partial charge < -0.3 is 26.4 Å². The lowest BCUT2D eigenvalue weighted by Crippen LogP contribution is -2.58. The third-order valence-electron chi connectivity index (χ3n) is 6.56. The van der Waals surface area contributed by atoms with Crippen LogP contribution in [0.2, 0.25) is 0 Å². The number of hydrogen-bond acceptors (Lipinski definition) is 9. The van der Waals surface area contributed by atoms with Crippen molar-refractivity contribution in [2.45, 2.75) is 78.2 Å². The van der Waals surface area contributed by atoms with Crippen LogP contribution in [0.1, 0.15) is 84.5 Å². The van der Waals surface area contributed by atoms with Crippen LogP contribution in [0, 0.1) is 11.8 Å². The molecule has 1 aliphatic heterocycles. The van der Waals surface area contributed by atoms with Crippen LogP contribution in [0.4, 0.5) is 0 Å². The molecule has 0 saturated carbocycles. The fourth-order valence-electron chi connectivity index (χ4n) is 3.77. The first kappa shape index (κ1) is 28.7. The minimum atomic E-state index is -1.25. The van der Waals surface area contributed by atoms with E-state index >= 15 is 0 Å². The normalized spacial score (nSPS) is 24.0. The standard InChI is InChI=1S/C24H34N6O5S2/c1-6-11(3)17-23(35)30-19(13(5)31)22(34)25-8-16-26-14(9-36-16)20(32)29-18(12(4)7-2)24-27-15(10-37-24)21(33)28-17/h9-13,17-19,31H,6-8H2,1-5H3,(H,25,34)(H,28,33)(H,29,32)(H,30,35)/t11-,12-,13-,17-,18+,19-/m0/s1. The molecule has 3 heterocycles. The van der Waals surface area contributed by atoms with Gasteiger partial charge in [0.05, 0.1) is 18.7 Å². The van der Waals surface area contributed by atoms with Crippen LogP contribution in [-0.4, -0.2) is 56.9 Å². The second-order valence-corrected chi connectivity index (χ2v) is 11.1. The number of aliphatic hydroxyl groups excluding tert-OH is 1. The fraction of sp³-hybridized carbons (Fsp3) is 0.583. The van der Waals surface area contributed by atoms with Crippen LogP contribution in [0.5, 0.6) is 0 Å². The highest BCUT2D eigenvalue weighted by Gasteiger charge is 2.33. The molecule has 2 aromatic rings. The molecule has 2 aromatic heterocycles. The monoisotopic (exact) mass is 550 g/mol. The molecule has 11 nitrogen and oxygen atoms in total. The Morgan fingerprint density at radius 1 is 0.838 bits per heavy atom. The van der Waals surface area contributed by atoms with Gasteiger partial charge >= 0.3 is 0 Å². The van der Waals surface area contributed by atoms with E-state index in [0.29, 0.717) is 16.4 Å². The molecule has 1 aliphatic rings. The zero-order valence-corrected chi connectivity index (χ0v) is 23.2. The maximum atomic E-state index is 13.2. The summed E-state index contributed by atoms with van der Waals surface area (Å²) in [5.41, 5.74) is 0.334. The first-order valence-corrected chi connectivity index (χ1v) is 14.1. The maximum absolute atomic E-state index is 13.2. The number of thiazole rings is 2. The summed E-state index contributed by atoms with van der Waals surface area (Å²) in [5, 5.41) is 25.4. The van der Waals surface area contributed by atoms with E-state index < -0.39 is 42.0 Å². The Balaban J connectivity index is 2.01. The largest absolute Gasteiger partial charge is 0.391 e. The van der Waals surface area contributed by atoms with E-state index in [-0.39, 0.29) is 35.7 Å². The lowest BCUT2D eigenvalue weighted by molar-refractivity contribution is -0.133. The van der Waals surface area contributed by atoms with E-state index in [0.717, 1.165) is 6.42 Å². The second kappa shape index (κ2) is 12.6. The van der Waals surface area contributed by atoms with E-state index in [2.05, 4.69) is 31.2 Å². The van der Waals surface area contributed by atoms with E-state index in [4.69, 9.17) is 0 Å². The summed E-state index contributed by atoms with van der Waals surface area (Å²) in [6.07, 6.45) is 0.154. The molecule has 13 heteroatoms. The van der Waals surface area contributed by atoms with Crippen molar-refractivity contribution in [1.82, 2.24) is 31.2 Å². The van der Waals surface area contributed by atoms with Gasteiger partial charge in [0.15, 0.2) is 0 Å². The van der Waals surface area contributed by atoms with Gasteiger partial charge in [-0.1, -0.05) is 40.5 Å². The smallest absolute Gasteiger partial charge is 0.271 e. The summed E-state index contributed by atoms with van der Waals surface area (Å²) >= 11 is 2.47. The predicted octanol–water partition coefficient (Wildman–Crippen LogP) is 1.76. The molecule has 0 unspecified atom stereocenters. The van der Waals surface area contributed by atoms with Gasteiger partial charge in [0.25, 0.3) is 11.8 Å². The van der Waals surface area contributed by atoms with Gasteiger partial charge in [-0.25, -0.2) is 9.97 Å². The average Bonchev–Trinajstić information content (AvgIpc) is 3.56. The molecular formula is C24H34N6O5S2. The number of carbonyl (C=O) groups is 4. The predicted molar refractivity (Wildman–Crippen MR) is 140 cm³/mol. The zero-order chi connectivity index (χ0) is 27.3. The van der Waals surface area contributed by atoms with Crippen LogP contribution in [0.15, 0.2) is 10.8 Å². The first-order chi connectivity index (χ1) is 17.5. The average molecular weight is 551 g/mol. The molecule has 0 aliphatic carbocycles. The van der Waals surface area contributed by atoms with Gasteiger partial charge in [-0.2, -0.15) is 0 Å². The van der Waals surface area contributed by atoms with Gasteiger partial charge in [0.1, 0.15) is 33.5 Å². The minimum absolute atomic E-state index is 0.0199. The van der Waals surface area contributed by atoms with Crippen molar-refractivity contribution < 1.29 is 24.3 Å². The van der Waals surface area contributed by atoms with E-state index in [1.807, 2.05) is 27.7 Å². The van der Waals surface area contributed by atoms with Crippen molar-refractivity contribution in [3.8, 4) is 0 Å². The molecule has 0 fully saturated rings. The summed E-state index contributed by atoms with van der Waals surface area (Å²) in [7, 11) is 0. The van der Waals surface area contributed by atoms with E-state index in [9.17, 15) is 24.3 Å². The Morgan fingerprint density at radius 2 is 1.41 bits per heavy atom. The molecule has 5 N–H and O–H groups in total. The molecule has 202 valence electrons. The van der Waals surface area contributed by atoms with Crippen molar-refractivity contribution in [2.75, 3.05) is 0 Å². The molecule has 0 aromatic carbocycles. The maximum Gasteiger partial charge on any atom is 0.271 e. The second-order valence-electron chi connectivity index (χ2n) is 9.32. The molecule has 3 rings (SSSR count). The molecule has 0 radical (unpaired) electrons. The number of fused-ring (bicyclic) bond motifs is 4. The quantitative estimate of drug-likeness (QED) is 0.379. The van der Waals surface area contributed by atoms with E-state index in [1.54, 1.807) is 10.8 Å². The third-order valence-corrected chi connectivity index (χ3v) is 8.34. The molecule has 6 atom stereocenters. The summed E-state index contributed by atoms with van der Waals surface area (Å²) in [6, 6.07) is -2.64. The lowest BCUT2D eigenvalue weighted by Gasteiger charge is -2.27. The summed E-state index contributed by atoms with van der Waals surface area (Å²) < 4.78 is 0. The van der Waals surface area contributed by atoms with Crippen molar-refractivity contribution in [3.63, 3.8) is 0 Å². The number of amides is 4. The van der Waals surface area contributed by atoms with Crippen LogP contribution < -0.4 is 21.3 Å². The van der Waals surface area contributed by atoms with Gasteiger partial charge in [-0.05, 0) is 18.8 Å². The highest BCUT2D eigenvalue weighted by Crippen LogP contribution is 2.28. The highest BCUT2D eigenvalue weighted by molar-refractivity contribution is 7.10. The van der Waals surface area contributed by atoms with Gasteiger partial charge in [-0.15, -0.1) is 22.7 Å². The molecule has 4 amide bonds. The molecule has 4 bridgehead atoms. The first-order valence-electron chi connectivity index (χ1n) is 12.3.